The molecule has 0 saturated heterocycles. The highest BCUT2D eigenvalue weighted by Gasteiger charge is 2.39. The molecule has 2 aromatic carbocycles. The maximum Gasteiger partial charge on any atom is 0.338 e. The second kappa shape index (κ2) is 8.68. The third-order valence-electron chi connectivity index (χ3n) is 4.23. The lowest BCUT2D eigenvalue weighted by atomic mass is 10.2. The number of anilines is 2. The van der Waals surface area contributed by atoms with E-state index in [0.717, 1.165) is 4.90 Å². The number of aryl methyl sites for hydroxylation is 1. The van der Waals surface area contributed by atoms with E-state index in [1.165, 1.54) is 6.07 Å². The topological polar surface area (TPSA) is 75.7 Å². The van der Waals surface area contributed by atoms with Crippen LogP contribution < -0.4 is 10.2 Å². The van der Waals surface area contributed by atoms with Crippen LogP contribution in [0.3, 0.4) is 0 Å². The molecule has 1 heterocycles. The SMILES string of the molecule is CCCOC(=O)c1cccc(NC2=C(Cl)C(=O)N(c3ccc(Cl)cc3C)C2=O)c1. The predicted molar refractivity (Wildman–Crippen MR) is 112 cm³/mol. The maximum atomic E-state index is 12.9. The standard InChI is InChI=1S/C21H18Cl2N2O4/c1-3-9-29-21(28)13-5-4-6-15(11-13)24-18-17(23)19(26)25(20(18)27)16-8-7-14(22)10-12(16)2/h4-8,10-11,24H,3,9H2,1-2H3. The predicted octanol–water partition coefficient (Wildman–Crippen LogP) is 4.65. The maximum absolute atomic E-state index is 12.9. The third-order valence-corrected chi connectivity index (χ3v) is 4.82. The van der Waals surface area contributed by atoms with Crippen LogP contribution in [0.5, 0.6) is 0 Å². The van der Waals surface area contributed by atoms with Crippen molar-refractivity contribution in [1.82, 2.24) is 0 Å². The van der Waals surface area contributed by atoms with Gasteiger partial charge in [-0.15, -0.1) is 0 Å². The number of benzene rings is 2. The summed E-state index contributed by atoms with van der Waals surface area (Å²) in [4.78, 5) is 38.6. The van der Waals surface area contributed by atoms with Crippen molar-refractivity contribution in [2.24, 2.45) is 0 Å². The van der Waals surface area contributed by atoms with Crippen molar-refractivity contribution in [3.05, 3.63) is 69.3 Å². The fraction of sp³-hybridized carbons (Fsp3) is 0.190. The molecule has 0 saturated carbocycles. The highest BCUT2D eigenvalue weighted by Crippen LogP contribution is 2.33. The number of hydrogen-bond acceptors (Lipinski definition) is 5. The number of rotatable bonds is 6. The number of hydrogen-bond donors (Lipinski definition) is 1. The molecule has 3 rings (SSSR count). The smallest absolute Gasteiger partial charge is 0.338 e. The Morgan fingerprint density at radius 2 is 1.86 bits per heavy atom. The van der Waals surface area contributed by atoms with Gasteiger partial charge < -0.3 is 10.1 Å². The van der Waals surface area contributed by atoms with Gasteiger partial charge >= 0.3 is 5.97 Å². The first-order valence-electron chi connectivity index (χ1n) is 8.92. The quantitative estimate of drug-likeness (QED) is 0.530. The van der Waals surface area contributed by atoms with E-state index in [-0.39, 0.29) is 10.7 Å². The van der Waals surface area contributed by atoms with E-state index >= 15 is 0 Å². The average molecular weight is 433 g/mol. The van der Waals surface area contributed by atoms with Gasteiger partial charge in [0.05, 0.1) is 17.9 Å². The normalized spacial score (nSPS) is 13.9. The van der Waals surface area contributed by atoms with Crippen LogP contribution in [0, 0.1) is 6.92 Å². The lowest BCUT2D eigenvalue weighted by Gasteiger charge is -2.17. The molecule has 0 bridgehead atoms. The first-order valence-corrected chi connectivity index (χ1v) is 9.68. The van der Waals surface area contributed by atoms with E-state index in [1.807, 2.05) is 6.92 Å². The van der Waals surface area contributed by atoms with Crippen molar-refractivity contribution in [1.29, 1.82) is 0 Å². The van der Waals surface area contributed by atoms with Gasteiger partial charge in [-0.3, -0.25) is 9.59 Å². The van der Waals surface area contributed by atoms with Gasteiger partial charge in [-0.1, -0.05) is 36.2 Å². The number of carbonyl (C=O) groups is 3. The second-order valence-corrected chi connectivity index (χ2v) is 7.22. The summed E-state index contributed by atoms with van der Waals surface area (Å²) in [6.07, 6.45) is 0.711. The molecule has 0 aliphatic carbocycles. The largest absolute Gasteiger partial charge is 0.462 e. The van der Waals surface area contributed by atoms with Crippen molar-refractivity contribution in [3.63, 3.8) is 0 Å². The van der Waals surface area contributed by atoms with Crippen LogP contribution in [-0.4, -0.2) is 24.4 Å². The molecule has 0 unspecified atom stereocenters. The van der Waals surface area contributed by atoms with Gasteiger partial charge in [-0.2, -0.15) is 0 Å². The van der Waals surface area contributed by atoms with E-state index < -0.39 is 17.8 Å². The Labute approximate surface area is 178 Å². The minimum Gasteiger partial charge on any atom is -0.462 e. The van der Waals surface area contributed by atoms with E-state index in [0.29, 0.717) is 40.6 Å². The molecular weight excluding hydrogens is 415 g/mol. The molecule has 0 atom stereocenters. The van der Waals surface area contributed by atoms with E-state index in [2.05, 4.69) is 5.32 Å². The van der Waals surface area contributed by atoms with Crippen molar-refractivity contribution >= 4 is 52.4 Å². The average Bonchev–Trinajstić information content (AvgIpc) is 2.90. The number of halogens is 2. The van der Waals surface area contributed by atoms with Crippen LogP contribution in [0.2, 0.25) is 5.02 Å². The Morgan fingerprint density at radius 3 is 2.55 bits per heavy atom. The zero-order valence-electron chi connectivity index (χ0n) is 15.8. The van der Waals surface area contributed by atoms with Crippen LogP contribution >= 0.6 is 23.2 Å². The van der Waals surface area contributed by atoms with Gasteiger partial charge in [0.15, 0.2) is 0 Å². The Morgan fingerprint density at radius 1 is 1.10 bits per heavy atom. The molecule has 1 N–H and O–H groups in total. The van der Waals surface area contributed by atoms with Crippen LogP contribution in [0.15, 0.2) is 53.2 Å². The summed E-state index contributed by atoms with van der Waals surface area (Å²) in [6, 6.07) is 11.3. The number of amides is 2. The van der Waals surface area contributed by atoms with Crippen LogP contribution in [0.4, 0.5) is 11.4 Å². The van der Waals surface area contributed by atoms with Crippen LogP contribution in [-0.2, 0) is 14.3 Å². The monoisotopic (exact) mass is 432 g/mol. The molecule has 0 spiro atoms. The summed E-state index contributed by atoms with van der Waals surface area (Å²) in [7, 11) is 0. The van der Waals surface area contributed by atoms with Crippen LogP contribution in [0.1, 0.15) is 29.3 Å². The Kier molecular flexibility index (Phi) is 6.25. The van der Waals surface area contributed by atoms with E-state index in [4.69, 9.17) is 27.9 Å². The Balaban J connectivity index is 1.86. The summed E-state index contributed by atoms with van der Waals surface area (Å²) in [5.41, 5.74) is 1.74. The van der Waals surface area contributed by atoms with Gasteiger partial charge in [0.2, 0.25) is 0 Å². The molecule has 150 valence electrons. The fourth-order valence-corrected chi connectivity index (χ4v) is 3.29. The van der Waals surface area contributed by atoms with Crippen LogP contribution in [0.25, 0.3) is 0 Å². The zero-order valence-corrected chi connectivity index (χ0v) is 17.3. The highest BCUT2D eigenvalue weighted by atomic mass is 35.5. The Bertz CT molecular complexity index is 1030. The molecule has 2 aromatic rings. The number of esters is 1. The summed E-state index contributed by atoms with van der Waals surface area (Å²) in [6.45, 7) is 3.96. The molecule has 1 aliphatic rings. The molecular formula is C21H18Cl2N2O4. The lowest BCUT2D eigenvalue weighted by Crippen LogP contribution is -2.32. The zero-order chi connectivity index (χ0) is 21.1. The number of ether oxygens (including phenoxy) is 1. The van der Waals surface area contributed by atoms with Gasteiger partial charge in [0.1, 0.15) is 10.7 Å². The van der Waals surface area contributed by atoms with E-state index in [1.54, 1.807) is 43.3 Å². The number of nitrogens with one attached hydrogen (secondary N) is 1. The third kappa shape index (κ3) is 4.28. The van der Waals surface area contributed by atoms with Crippen molar-refractivity contribution in [2.45, 2.75) is 20.3 Å². The highest BCUT2D eigenvalue weighted by molar-refractivity contribution is 6.53. The summed E-state index contributed by atoms with van der Waals surface area (Å²) >= 11 is 12.1. The van der Waals surface area contributed by atoms with Crippen molar-refractivity contribution in [2.75, 3.05) is 16.8 Å². The fourth-order valence-electron chi connectivity index (χ4n) is 2.85. The van der Waals surface area contributed by atoms with Gasteiger partial charge in [-0.25, -0.2) is 9.69 Å². The Hall–Kier alpha value is -2.83. The first kappa shape index (κ1) is 20.9. The molecule has 29 heavy (non-hydrogen) atoms. The molecule has 1 aliphatic heterocycles. The lowest BCUT2D eigenvalue weighted by molar-refractivity contribution is -0.120. The number of nitrogens with zero attached hydrogens (tertiary/aromatic N) is 1. The summed E-state index contributed by atoms with van der Waals surface area (Å²) in [5, 5.41) is 3.12. The minimum atomic E-state index is -0.636. The molecule has 6 nitrogen and oxygen atoms in total. The van der Waals surface area contributed by atoms with Gasteiger partial charge in [0.25, 0.3) is 11.8 Å². The molecule has 2 amide bonds. The van der Waals surface area contributed by atoms with Crippen molar-refractivity contribution in [3.8, 4) is 0 Å². The van der Waals surface area contributed by atoms with E-state index in [9.17, 15) is 14.4 Å². The number of imide groups is 1. The summed E-state index contributed by atoms with van der Waals surface area (Å²) < 4.78 is 5.11. The van der Waals surface area contributed by atoms with Crippen molar-refractivity contribution < 1.29 is 19.1 Å². The van der Waals surface area contributed by atoms with Gasteiger partial charge in [0, 0.05) is 10.7 Å². The summed E-state index contributed by atoms with van der Waals surface area (Å²) in [5.74, 6) is -1.70. The molecule has 0 aromatic heterocycles. The second-order valence-electron chi connectivity index (χ2n) is 6.41. The first-order chi connectivity index (χ1) is 13.8. The molecule has 0 fully saturated rings. The number of carbonyl (C=O) groups excluding carboxylic acids is 3. The molecule has 0 radical (unpaired) electrons. The molecule has 8 heteroatoms. The minimum absolute atomic E-state index is 0.0647. The van der Waals surface area contributed by atoms with Gasteiger partial charge in [-0.05, 0) is 55.3 Å².